The zero-order chi connectivity index (χ0) is 17.6. The van der Waals surface area contributed by atoms with Gasteiger partial charge in [-0.2, -0.15) is 0 Å². The third-order valence-corrected chi connectivity index (χ3v) is 5.03. The first kappa shape index (κ1) is 17.7. The molecule has 1 atom stereocenters. The van der Waals surface area contributed by atoms with Gasteiger partial charge in [-0.3, -0.25) is 9.59 Å². The van der Waals surface area contributed by atoms with Crippen molar-refractivity contribution >= 4 is 21.7 Å². The lowest BCUT2D eigenvalue weighted by molar-refractivity contribution is -0.122. The fourth-order valence-corrected chi connectivity index (χ4v) is 3.12. The molecule has 8 heteroatoms. The molecule has 7 nitrogen and oxygen atoms in total. The number of hydrogen-bond acceptors (Lipinski definition) is 5. The molecule has 0 aliphatic heterocycles. The topological polar surface area (TPSA) is 105 Å². The van der Waals surface area contributed by atoms with Gasteiger partial charge in [0, 0.05) is 6.54 Å². The van der Waals surface area contributed by atoms with E-state index in [0.717, 1.165) is 0 Å². The third-order valence-electron chi connectivity index (χ3n) is 3.30. The van der Waals surface area contributed by atoms with Crippen LogP contribution in [0.4, 0.5) is 0 Å². The molecular formula is C16H18N2O5S. The Morgan fingerprint density at radius 2 is 1.88 bits per heavy atom. The van der Waals surface area contributed by atoms with Gasteiger partial charge in [-0.05, 0) is 25.1 Å². The van der Waals surface area contributed by atoms with Crippen LogP contribution in [-0.2, 0) is 14.6 Å². The van der Waals surface area contributed by atoms with Crippen LogP contribution < -0.4 is 10.6 Å². The Morgan fingerprint density at radius 3 is 2.50 bits per heavy atom. The van der Waals surface area contributed by atoms with E-state index in [-0.39, 0.29) is 17.2 Å². The molecule has 128 valence electrons. The maximum absolute atomic E-state index is 12.1. The molecule has 24 heavy (non-hydrogen) atoms. The number of rotatable bonds is 7. The summed E-state index contributed by atoms with van der Waals surface area (Å²) in [7, 11) is -3.45. The van der Waals surface area contributed by atoms with Crippen LogP contribution in [0.3, 0.4) is 0 Å². The normalized spacial score (nSPS) is 12.4. The third kappa shape index (κ3) is 4.69. The summed E-state index contributed by atoms with van der Waals surface area (Å²) in [4.78, 5) is 23.9. The molecule has 1 aromatic heterocycles. The van der Waals surface area contributed by atoms with Gasteiger partial charge >= 0.3 is 0 Å². The van der Waals surface area contributed by atoms with E-state index in [1.165, 1.54) is 37.6 Å². The van der Waals surface area contributed by atoms with Crippen molar-refractivity contribution < 1.29 is 22.4 Å². The minimum Gasteiger partial charge on any atom is -0.472 e. The van der Waals surface area contributed by atoms with Crippen molar-refractivity contribution in [3.63, 3.8) is 0 Å². The van der Waals surface area contributed by atoms with Crippen LogP contribution in [0.2, 0.25) is 0 Å². The smallest absolute Gasteiger partial charge is 0.255 e. The summed E-state index contributed by atoms with van der Waals surface area (Å²) < 4.78 is 29.0. The van der Waals surface area contributed by atoms with Gasteiger partial charge in [-0.1, -0.05) is 18.2 Å². The molecule has 0 aliphatic carbocycles. The van der Waals surface area contributed by atoms with Gasteiger partial charge in [0.1, 0.15) is 12.3 Å². The summed E-state index contributed by atoms with van der Waals surface area (Å²) in [5.41, 5.74) is 0.307. The second-order valence-corrected chi connectivity index (χ2v) is 7.24. The quantitative estimate of drug-likeness (QED) is 0.775. The number of carbonyl (C=O) groups excluding carboxylic acids is 2. The standard InChI is InChI=1S/C16H18N2O5S/c1-12(18-16(20)13-7-9-23-11-13)15(19)17-8-10-24(21,22)14-5-3-2-4-6-14/h2-7,9,11-12H,8,10H2,1H3,(H,17,19)(H,18,20). The molecule has 2 amide bonds. The Labute approximate surface area is 140 Å². The second-order valence-electron chi connectivity index (χ2n) is 5.13. The largest absolute Gasteiger partial charge is 0.472 e. The van der Waals surface area contributed by atoms with Crippen LogP contribution in [0.15, 0.2) is 58.2 Å². The van der Waals surface area contributed by atoms with Crippen molar-refractivity contribution in [2.24, 2.45) is 0 Å². The number of nitrogens with one attached hydrogen (secondary N) is 2. The van der Waals surface area contributed by atoms with Gasteiger partial charge in [-0.25, -0.2) is 8.42 Å². The number of hydrogen-bond donors (Lipinski definition) is 2. The molecule has 1 unspecified atom stereocenters. The van der Waals surface area contributed by atoms with Gasteiger partial charge in [0.25, 0.3) is 5.91 Å². The lowest BCUT2D eigenvalue weighted by Crippen LogP contribution is -2.45. The van der Waals surface area contributed by atoms with Crippen LogP contribution >= 0.6 is 0 Å². The van der Waals surface area contributed by atoms with E-state index < -0.39 is 27.7 Å². The van der Waals surface area contributed by atoms with E-state index in [4.69, 9.17) is 4.42 Å². The maximum Gasteiger partial charge on any atom is 0.255 e. The fraction of sp³-hybridized carbons (Fsp3) is 0.250. The molecule has 2 aromatic rings. The van der Waals surface area contributed by atoms with Crippen molar-refractivity contribution in [3.05, 3.63) is 54.5 Å². The zero-order valence-electron chi connectivity index (χ0n) is 13.1. The van der Waals surface area contributed by atoms with Gasteiger partial charge in [-0.15, -0.1) is 0 Å². The first-order valence-electron chi connectivity index (χ1n) is 7.29. The summed E-state index contributed by atoms with van der Waals surface area (Å²) in [6.45, 7) is 1.47. The molecule has 0 aliphatic rings. The summed E-state index contributed by atoms with van der Waals surface area (Å²) in [5, 5.41) is 5.00. The van der Waals surface area contributed by atoms with Gasteiger partial charge < -0.3 is 15.1 Å². The molecule has 0 fully saturated rings. The van der Waals surface area contributed by atoms with E-state index in [2.05, 4.69) is 10.6 Å². The Hall–Kier alpha value is -2.61. The second kappa shape index (κ2) is 7.78. The van der Waals surface area contributed by atoms with E-state index in [9.17, 15) is 18.0 Å². The molecule has 2 N–H and O–H groups in total. The van der Waals surface area contributed by atoms with Crippen molar-refractivity contribution in [2.45, 2.75) is 17.9 Å². The number of carbonyl (C=O) groups is 2. The van der Waals surface area contributed by atoms with Gasteiger partial charge in [0.15, 0.2) is 9.84 Å². The molecule has 0 saturated heterocycles. The molecule has 1 aromatic carbocycles. The van der Waals surface area contributed by atoms with Crippen molar-refractivity contribution in [1.82, 2.24) is 10.6 Å². The van der Waals surface area contributed by atoms with Gasteiger partial charge in [0.05, 0.1) is 22.5 Å². The molecule has 0 radical (unpaired) electrons. The Morgan fingerprint density at radius 1 is 1.17 bits per heavy atom. The SMILES string of the molecule is CC(NC(=O)c1ccoc1)C(=O)NCCS(=O)(=O)c1ccccc1. The van der Waals surface area contributed by atoms with Crippen LogP contribution in [0.5, 0.6) is 0 Å². The predicted molar refractivity (Wildman–Crippen MR) is 87.1 cm³/mol. The highest BCUT2D eigenvalue weighted by Gasteiger charge is 2.18. The molecule has 2 rings (SSSR count). The van der Waals surface area contributed by atoms with Crippen molar-refractivity contribution in [1.29, 1.82) is 0 Å². The summed E-state index contributed by atoms with van der Waals surface area (Å²) in [6.07, 6.45) is 2.63. The molecule has 0 saturated carbocycles. The average molecular weight is 350 g/mol. The summed E-state index contributed by atoms with van der Waals surface area (Å²) in [5.74, 6) is -1.12. The minimum absolute atomic E-state index is 0.0397. The van der Waals surface area contributed by atoms with Crippen molar-refractivity contribution in [2.75, 3.05) is 12.3 Å². The maximum atomic E-state index is 12.1. The van der Waals surface area contributed by atoms with Crippen LogP contribution in [0.25, 0.3) is 0 Å². The van der Waals surface area contributed by atoms with E-state index in [1.54, 1.807) is 18.2 Å². The number of furan rings is 1. The molecule has 0 bridgehead atoms. The lowest BCUT2D eigenvalue weighted by atomic mass is 10.2. The fourth-order valence-electron chi connectivity index (χ4n) is 1.95. The number of sulfone groups is 1. The highest BCUT2D eigenvalue weighted by atomic mass is 32.2. The minimum atomic E-state index is -3.45. The Bertz CT molecular complexity index is 785. The average Bonchev–Trinajstić information content (AvgIpc) is 3.10. The Kier molecular flexibility index (Phi) is 5.75. The first-order chi connectivity index (χ1) is 11.4. The van der Waals surface area contributed by atoms with Crippen molar-refractivity contribution in [3.8, 4) is 0 Å². The van der Waals surface area contributed by atoms with E-state index >= 15 is 0 Å². The lowest BCUT2D eigenvalue weighted by Gasteiger charge is -2.13. The van der Waals surface area contributed by atoms with Crippen LogP contribution in [-0.4, -0.2) is 38.6 Å². The number of benzene rings is 1. The van der Waals surface area contributed by atoms with Crippen LogP contribution in [0.1, 0.15) is 17.3 Å². The molecule has 0 spiro atoms. The summed E-state index contributed by atoms with van der Waals surface area (Å²) in [6, 6.07) is 8.69. The molecule has 1 heterocycles. The number of amides is 2. The van der Waals surface area contributed by atoms with E-state index in [1.807, 2.05) is 0 Å². The highest BCUT2D eigenvalue weighted by molar-refractivity contribution is 7.91. The monoisotopic (exact) mass is 350 g/mol. The predicted octanol–water partition coefficient (Wildman–Crippen LogP) is 0.988. The first-order valence-corrected chi connectivity index (χ1v) is 8.94. The van der Waals surface area contributed by atoms with Gasteiger partial charge in [0.2, 0.25) is 5.91 Å². The molecular weight excluding hydrogens is 332 g/mol. The van der Waals surface area contributed by atoms with E-state index in [0.29, 0.717) is 5.56 Å². The van der Waals surface area contributed by atoms with Crippen LogP contribution in [0, 0.1) is 0 Å². The highest BCUT2D eigenvalue weighted by Crippen LogP contribution is 2.09. The summed E-state index contributed by atoms with van der Waals surface area (Å²) >= 11 is 0. The Balaban J connectivity index is 1.81. The zero-order valence-corrected chi connectivity index (χ0v) is 13.9.